The Bertz CT molecular complexity index is 1390. The molecule has 20 nitrogen and oxygen atoms in total. The number of aliphatic hydroxyl groups is 8. The molecule has 0 spiro atoms. The molecule has 0 aromatic carbocycles. The summed E-state index contributed by atoms with van der Waals surface area (Å²) in [5.74, 6) is -4.34. The first-order valence-corrected chi connectivity index (χ1v) is 17.2. The van der Waals surface area contributed by atoms with Gasteiger partial charge in [-0.1, -0.05) is 13.0 Å². The highest BCUT2D eigenvalue weighted by Crippen LogP contribution is 2.48. The summed E-state index contributed by atoms with van der Waals surface area (Å²) >= 11 is 0. The predicted molar refractivity (Wildman–Crippen MR) is 166 cm³/mol. The van der Waals surface area contributed by atoms with Crippen molar-refractivity contribution in [3.63, 3.8) is 0 Å². The summed E-state index contributed by atoms with van der Waals surface area (Å²) in [6, 6.07) is 0. The van der Waals surface area contributed by atoms with E-state index in [1.54, 1.807) is 6.92 Å². The monoisotopic (exact) mass is 762 g/mol. The van der Waals surface area contributed by atoms with Crippen LogP contribution >= 0.6 is 0 Å². The average Bonchev–Trinajstić information content (AvgIpc) is 3.46. The lowest BCUT2D eigenvalue weighted by Crippen LogP contribution is -2.60. The van der Waals surface area contributed by atoms with Gasteiger partial charge in [0.05, 0.1) is 50.1 Å². The molecule has 1 aliphatic carbocycles. The van der Waals surface area contributed by atoms with Gasteiger partial charge in [-0.3, -0.25) is 0 Å². The van der Waals surface area contributed by atoms with Gasteiger partial charge in [0, 0.05) is 30.1 Å². The zero-order valence-corrected chi connectivity index (χ0v) is 28.7. The number of methoxy groups -OCH3 is 1. The molecule has 0 aromatic rings. The number of rotatable bonds is 11. The van der Waals surface area contributed by atoms with Crippen LogP contribution in [0.5, 0.6) is 0 Å². The molecule has 0 aromatic heterocycles. The molecule has 6 rings (SSSR count). The number of carbonyl (C=O) groups is 2. The number of fused-ring (bicyclic) bond motifs is 2. The number of carbonyl (C=O) groups excluding carboxylic acids is 2. The van der Waals surface area contributed by atoms with Crippen molar-refractivity contribution >= 4 is 11.9 Å². The van der Waals surface area contributed by atoms with E-state index in [2.05, 4.69) is 6.58 Å². The summed E-state index contributed by atoms with van der Waals surface area (Å²) in [5.41, 5.74) is 0.333. The summed E-state index contributed by atoms with van der Waals surface area (Å²) in [7, 11) is 1.22. The lowest BCUT2D eigenvalue weighted by molar-refractivity contribution is -0.467. The van der Waals surface area contributed by atoms with E-state index in [4.69, 9.17) is 47.7 Å². The number of cyclic esters (lactones) is 1. The largest absolute Gasteiger partial charge is 0.472 e. The zero-order valence-electron chi connectivity index (χ0n) is 28.7. The Morgan fingerprint density at radius 2 is 1.49 bits per heavy atom. The van der Waals surface area contributed by atoms with Crippen LogP contribution in [-0.4, -0.2) is 160 Å². The van der Waals surface area contributed by atoms with E-state index < -0.39 is 141 Å². The van der Waals surface area contributed by atoms with Crippen LogP contribution in [0.2, 0.25) is 0 Å². The van der Waals surface area contributed by atoms with Gasteiger partial charge in [-0.05, 0) is 12.3 Å². The highest BCUT2D eigenvalue weighted by molar-refractivity contribution is 5.90. The van der Waals surface area contributed by atoms with E-state index in [0.29, 0.717) is 0 Å². The second kappa shape index (κ2) is 16.5. The van der Waals surface area contributed by atoms with Gasteiger partial charge >= 0.3 is 11.9 Å². The fraction of sp³-hybridized carbons (Fsp3) is 0.758. The number of esters is 2. The lowest BCUT2D eigenvalue weighted by atomic mass is 9.80. The molecular formula is C33H46O20. The third kappa shape index (κ3) is 7.71. The highest BCUT2D eigenvalue weighted by Gasteiger charge is 2.54. The van der Waals surface area contributed by atoms with Gasteiger partial charge in [0.1, 0.15) is 48.8 Å². The number of aliphatic hydroxyl groups excluding tert-OH is 8. The van der Waals surface area contributed by atoms with Crippen LogP contribution in [0.1, 0.15) is 19.8 Å². The molecule has 5 heterocycles. The summed E-state index contributed by atoms with van der Waals surface area (Å²) in [5, 5.41) is 82.6. The molecule has 0 amide bonds. The molecule has 0 bridgehead atoms. The second-order valence-corrected chi connectivity index (χ2v) is 13.9. The zero-order chi connectivity index (χ0) is 38.3. The molecular weight excluding hydrogens is 716 g/mol. The first-order chi connectivity index (χ1) is 25.3. The topological polar surface area (TPSA) is 288 Å². The van der Waals surface area contributed by atoms with Crippen molar-refractivity contribution in [1.82, 2.24) is 0 Å². The first-order valence-electron chi connectivity index (χ1n) is 17.2. The van der Waals surface area contributed by atoms with Gasteiger partial charge in [-0.15, -0.1) is 6.58 Å². The van der Waals surface area contributed by atoms with Crippen LogP contribution in [0.25, 0.3) is 0 Å². The number of hydrogen-bond acceptors (Lipinski definition) is 20. The van der Waals surface area contributed by atoms with Crippen molar-refractivity contribution in [2.24, 2.45) is 29.6 Å². The molecule has 19 unspecified atom stereocenters. The van der Waals surface area contributed by atoms with Gasteiger partial charge in [-0.25, -0.2) is 9.59 Å². The minimum Gasteiger partial charge on any atom is -0.472 e. The smallest absolute Gasteiger partial charge is 0.339 e. The van der Waals surface area contributed by atoms with Gasteiger partial charge in [0.15, 0.2) is 6.29 Å². The summed E-state index contributed by atoms with van der Waals surface area (Å²) in [6.07, 6.45) is -16.5. The second-order valence-electron chi connectivity index (χ2n) is 13.9. The maximum atomic E-state index is 13.0. The summed E-state index contributed by atoms with van der Waals surface area (Å²) < 4.78 is 44.4. The van der Waals surface area contributed by atoms with Crippen molar-refractivity contribution in [2.75, 3.05) is 20.3 Å². The van der Waals surface area contributed by atoms with Crippen LogP contribution < -0.4 is 0 Å². The third-order valence-corrected chi connectivity index (χ3v) is 10.8. The molecule has 6 aliphatic rings. The Morgan fingerprint density at radius 3 is 2.17 bits per heavy atom. The minimum atomic E-state index is -1.76. The Morgan fingerprint density at radius 1 is 0.849 bits per heavy atom. The molecule has 5 aliphatic heterocycles. The Hall–Kier alpha value is -2.80. The van der Waals surface area contributed by atoms with Crippen molar-refractivity contribution in [3.8, 4) is 0 Å². The molecule has 3 saturated heterocycles. The standard InChI is InChI=1S/C33H46O20/c1-4-12-13-6-20(50-29(43)15(13)8-46-30(12)52-53-33-27(41)24(38)22(36)18(7-34)48-33)45-10-19-23(37)25(39)26(40)32(49-19)51-31-21-11(2)17(35)5-14(21)16(9-47-31)28(42)44-3/h4,8-9,11-14,17-27,30-41H,1,5-7,10H2,2-3H3. The summed E-state index contributed by atoms with van der Waals surface area (Å²) in [6.45, 7) is 4.40. The summed E-state index contributed by atoms with van der Waals surface area (Å²) in [4.78, 5) is 35.9. The SMILES string of the molecule is C=CC1C(OOC2OC(CO)C(O)C(O)C2O)OC=C2C(=O)OC(OCC3OC(OC4OC=C(C(=O)OC)C5CC(O)C(C)C45)C(O)C(O)C3O)CC21. The molecule has 20 heteroatoms. The predicted octanol–water partition coefficient (Wildman–Crippen LogP) is -3.45. The van der Waals surface area contributed by atoms with Crippen molar-refractivity contribution in [1.29, 1.82) is 0 Å². The maximum absolute atomic E-state index is 13.0. The normalized spacial score (nSPS) is 46.8. The molecule has 19 atom stereocenters. The molecule has 1 saturated carbocycles. The van der Waals surface area contributed by atoms with Crippen LogP contribution in [0.4, 0.5) is 0 Å². The van der Waals surface area contributed by atoms with Crippen LogP contribution in [-0.2, 0) is 57.3 Å². The van der Waals surface area contributed by atoms with Crippen molar-refractivity contribution in [2.45, 2.75) is 106 Å². The Balaban J connectivity index is 1.08. The highest BCUT2D eigenvalue weighted by atomic mass is 17.2. The van der Waals surface area contributed by atoms with Crippen LogP contribution in [0, 0.1) is 29.6 Å². The quantitative estimate of drug-likeness (QED) is 0.0440. The van der Waals surface area contributed by atoms with E-state index in [1.807, 2.05) is 0 Å². The van der Waals surface area contributed by atoms with E-state index in [1.165, 1.54) is 19.4 Å². The molecule has 4 fully saturated rings. The minimum absolute atomic E-state index is 0.0134. The van der Waals surface area contributed by atoms with E-state index >= 15 is 0 Å². The fourth-order valence-corrected chi connectivity index (χ4v) is 7.65. The van der Waals surface area contributed by atoms with Crippen molar-refractivity contribution < 1.29 is 98.1 Å². The van der Waals surface area contributed by atoms with E-state index in [9.17, 15) is 50.4 Å². The van der Waals surface area contributed by atoms with E-state index in [-0.39, 0.29) is 24.0 Å². The number of ether oxygens (including phenoxy) is 8. The van der Waals surface area contributed by atoms with Crippen molar-refractivity contribution in [3.05, 3.63) is 36.3 Å². The Labute approximate surface area is 302 Å². The average molecular weight is 763 g/mol. The van der Waals surface area contributed by atoms with Crippen LogP contribution in [0.3, 0.4) is 0 Å². The number of hydrogen-bond donors (Lipinski definition) is 8. The molecule has 53 heavy (non-hydrogen) atoms. The maximum Gasteiger partial charge on any atom is 0.339 e. The van der Waals surface area contributed by atoms with Gasteiger partial charge in [-0.2, -0.15) is 9.78 Å². The Kier molecular flexibility index (Phi) is 12.4. The third-order valence-electron chi connectivity index (χ3n) is 10.8. The first kappa shape index (κ1) is 39.9. The van der Waals surface area contributed by atoms with Gasteiger partial charge in [0.2, 0.25) is 25.2 Å². The fourth-order valence-electron chi connectivity index (χ4n) is 7.65. The van der Waals surface area contributed by atoms with Gasteiger partial charge in [0.25, 0.3) is 0 Å². The van der Waals surface area contributed by atoms with Crippen LogP contribution in [0.15, 0.2) is 36.3 Å². The molecule has 0 radical (unpaired) electrons. The lowest BCUT2D eigenvalue weighted by Gasteiger charge is -2.44. The molecule has 298 valence electrons. The van der Waals surface area contributed by atoms with Gasteiger partial charge < -0.3 is 78.7 Å². The molecule has 8 N–H and O–H groups in total. The van der Waals surface area contributed by atoms with E-state index in [0.717, 1.165) is 6.26 Å².